The van der Waals surface area contributed by atoms with Crippen LogP contribution in [0, 0.1) is 5.82 Å². The highest BCUT2D eigenvalue weighted by atomic mass is 35.5. The Morgan fingerprint density at radius 3 is 3.11 bits per heavy atom. The van der Waals surface area contributed by atoms with Gasteiger partial charge in [-0.1, -0.05) is 11.6 Å². The van der Waals surface area contributed by atoms with Gasteiger partial charge in [0.15, 0.2) is 0 Å². The lowest BCUT2D eigenvalue weighted by molar-refractivity contribution is -0.117. The monoisotopic (exact) mass is 285 g/mol. The number of hydrogen-bond acceptors (Lipinski definition) is 3. The van der Waals surface area contributed by atoms with Crippen molar-refractivity contribution in [2.45, 2.75) is 13.0 Å². The summed E-state index contributed by atoms with van der Waals surface area (Å²) >= 11 is 5.66. The van der Waals surface area contributed by atoms with Crippen LogP contribution in [0.1, 0.15) is 6.92 Å². The summed E-state index contributed by atoms with van der Waals surface area (Å²) in [6, 6.07) is 4.57. The maximum Gasteiger partial charge on any atom is 0.238 e. The zero-order valence-electron chi connectivity index (χ0n) is 10.7. The van der Waals surface area contributed by atoms with E-state index in [-0.39, 0.29) is 18.1 Å². The summed E-state index contributed by atoms with van der Waals surface area (Å²) in [6.07, 6.45) is 0. The van der Waals surface area contributed by atoms with Gasteiger partial charge in [-0.15, -0.1) is 0 Å². The van der Waals surface area contributed by atoms with Gasteiger partial charge in [-0.3, -0.25) is 9.69 Å². The van der Waals surface area contributed by atoms with Crippen molar-refractivity contribution in [2.24, 2.45) is 0 Å². The smallest absolute Gasteiger partial charge is 0.238 e. The van der Waals surface area contributed by atoms with Gasteiger partial charge in [-0.25, -0.2) is 4.39 Å². The Hall–Kier alpha value is -1.17. The Bertz CT molecular complexity index is 469. The first-order valence-electron chi connectivity index (χ1n) is 6.25. The van der Waals surface area contributed by atoms with E-state index in [1.165, 1.54) is 12.1 Å². The lowest BCUT2D eigenvalue weighted by Crippen LogP contribution is -2.51. The molecular weight excluding hydrogens is 269 g/mol. The summed E-state index contributed by atoms with van der Waals surface area (Å²) in [6.45, 7) is 4.85. The van der Waals surface area contributed by atoms with Crippen molar-refractivity contribution in [1.29, 1.82) is 0 Å². The number of nitrogens with zero attached hydrogens (tertiary/aromatic N) is 1. The molecule has 104 valence electrons. The summed E-state index contributed by atoms with van der Waals surface area (Å²) in [5, 5.41) is 6.18. The van der Waals surface area contributed by atoms with Gasteiger partial charge in [0.1, 0.15) is 5.82 Å². The minimum absolute atomic E-state index is 0.164. The van der Waals surface area contributed by atoms with E-state index in [1.54, 1.807) is 6.07 Å². The minimum Gasteiger partial charge on any atom is -0.322 e. The van der Waals surface area contributed by atoms with Crippen molar-refractivity contribution in [1.82, 2.24) is 10.2 Å². The number of benzene rings is 1. The van der Waals surface area contributed by atoms with E-state index in [2.05, 4.69) is 17.6 Å². The number of carbonyl (C=O) groups excluding carboxylic acids is 1. The molecular formula is C13H17ClFN3O. The molecule has 1 aliphatic rings. The molecule has 19 heavy (non-hydrogen) atoms. The average molecular weight is 286 g/mol. The molecule has 1 heterocycles. The number of nitrogens with one attached hydrogen (secondary N) is 2. The van der Waals surface area contributed by atoms with Crippen LogP contribution in [0.25, 0.3) is 0 Å². The van der Waals surface area contributed by atoms with E-state index in [0.717, 1.165) is 19.6 Å². The third-order valence-corrected chi connectivity index (χ3v) is 3.26. The van der Waals surface area contributed by atoms with Crippen molar-refractivity contribution in [2.75, 3.05) is 31.5 Å². The Morgan fingerprint density at radius 2 is 2.42 bits per heavy atom. The predicted molar refractivity (Wildman–Crippen MR) is 73.9 cm³/mol. The largest absolute Gasteiger partial charge is 0.322 e. The molecule has 2 N–H and O–H groups in total. The lowest BCUT2D eigenvalue weighted by atomic mass is 10.2. The Morgan fingerprint density at radius 1 is 1.63 bits per heavy atom. The standard InChI is InChI=1S/C13H17ClFN3O/c1-9-7-18(5-4-16-9)8-13(19)17-12-3-2-10(14)6-11(12)15/h2-3,6,9,16H,4-5,7-8H2,1H3,(H,17,19)/t9-/m1/s1. The quantitative estimate of drug-likeness (QED) is 0.889. The number of halogens is 2. The van der Waals surface area contributed by atoms with E-state index in [0.29, 0.717) is 11.1 Å². The van der Waals surface area contributed by atoms with Gasteiger partial charge in [0, 0.05) is 30.7 Å². The highest BCUT2D eigenvalue weighted by Crippen LogP contribution is 2.18. The van der Waals surface area contributed by atoms with Crippen LogP contribution in [-0.2, 0) is 4.79 Å². The lowest BCUT2D eigenvalue weighted by Gasteiger charge is -2.31. The van der Waals surface area contributed by atoms with Crippen LogP contribution in [0.5, 0.6) is 0 Å². The maximum atomic E-state index is 13.5. The predicted octanol–water partition coefficient (Wildman–Crippen LogP) is 1.71. The van der Waals surface area contributed by atoms with E-state index >= 15 is 0 Å². The highest BCUT2D eigenvalue weighted by Gasteiger charge is 2.18. The van der Waals surface area contributed by atoms with Gasteiger partial charge < -0.3 is 10.6 Å². The molecule has 0 saturated carbocycles. The summed E-state index contributed by atoms with van der Waals surface area (Å²) in [7, 11) is 0. The molecule has 1 aromatic rings. The molecule has 0 unspecified atom stereocenters. The first-order chi connectivity index (χ1) is 9.04. The molecule has 0 bridgehead atoms. The molecule has 0 radical (unpaired) electrons. The van der Waals surface area contributed by atoms with Crippen LogP contribution in [0.15, 0.2) is 18.2 Å². The fourth-order valence-corrected chi connectivity index (χ4v) is 2.30. The van der Waals surface area contributed by atoms with Crippen molar-refractivity contribution < 1.29 is 9.18 Å². The second-order valence-corrected chi connectivity index (χ2v) is 5.20. The molecule has 1 amide bonds. The highest BCUT2D eigenvalue weighted by molar-refractivity contribution is 6.30. The fourth-order valence-electron chi connectivity index (χ4n) is 2.14. The van der Waals surface area contributed by atoms with Crippen molar-refractivity contribution in [3.05, 3.63) is 29.0 Å². The number of anilines is 1. The normalized spacial score (nSPS) is 20.3. The molecule has 6 heteroatoms. The molecule has 0 aliphatic carbocycles. The topological polar surface area (TPSA) is 44.4 Å². The number of carbonyl (C=O) groups is 1. The van der Waals surface area contributed by atoms with Crippen molar-refractivity contribution >= 4 is 23.2 Å². The maximum absolute atomic E-state index is 13.5. The second-order valence-electron chi connectivity index (χ2n) is 4.76. The molecule has 0 spiro atoms. The third-order valence-electron chi connectivity index (χ3n) is 3.03. The van der Waals surface area contributed by atoms with Crippen molar-refractivity contribution in [3.63, 3.8) is 0 Å². The zero-order chi connectivity index (χ0) is 13.8. The summed E-state index contributed by atoms with van der Waals surface area (Å²) in [4.78, 5) is 13.9. The SMILES string of the molecule is C[C@@H]1CN(CC(=O)Nc2ccc(Cl)cc2F)CCN1. The number of piperazine rings is 1. The summed E-state index contributed by atoms with van der Waals surface area (Å²) < 4.78 is 13.5. The van der Waals surface area contributed by atoms with Crippen LogP contribution in [0.2, 0.25) is 5.02 Å². The van der Waals surface area contributed by atoms with Crippen LogP contribution >= 0.6 is 11.6 Å². The van der Waals surface area contributed by atoms with Gasteiger partial charge in [0.05, 0.1) is 12.2 Å². The average Bonchev–Trinajstić information content (AvgIpc) is 2.33. The zero-order valence-corrected chi connectivity index (χ0v) is 11.5. The Labute approximate surface area is 116 Å². The van der Waals surface area contributed by atoms with Crippen LogP contribution < -0.4 is 10.6 Å². The van der Waals surface area contributed by atoms with Crippen LogP contribution in [0.4, 0.5) is 10.1 Å². The molecule has 0 aromatic heterocycles. The summed E-state index contributed by atoms with van der Waals surface area (Å²) in [5.74, 6) is -0.732. The molecule has 1 saturated heterocycles. The van der Waals surface area contributed by atoms with E-state index in [9.17, 15) is 9.18 Å². The van der Waals surface area contributed by atoms with Crippen molar-refractivity contribution in [3.8, 4) is 0 Å². The molecule has 1 aromatic carbocycles. The minimum atomic E-state index is -0.519. The second kappa shape index (κ2) is 6.32. The van der Waals surface area contributed by atoms with Gasteiger partial charge in [-0.2, -0.15) is 0 Å². The molecule has 1 aliphatic heterocycles. The van der Waals surface area contributed by atoms with Gasteiger partial charge in [0.25, 0.3) is 0 Å². The Kier molecular flexibility index (Phi) is 4.74. The fraction of sp³-hybridized carbons (Fsp3) is 0.462. The van der Waals surface area contributed by atoms with Crippen LogP contribution in [-0.4, -0.2) is 43.0 Å². The molecule has 1 atom stereocenters. The molecule has 4 nitrogen and oxygen atoms in total. The molecule has 2 rings (SSSR count). The Balaban J connectivity index is 1.90. The number of rotatable bonds is 3. The summed E-state index contributed by atoms with van der Waals surface area (Å²) in [5.41, 5.74) is 0.164. The van der Waals surface area contributed by atoms with E-state index < -0.39 is 5.82 Å². The molecule has 1 fully saturated rings. The van der Waals surface area contributed by atoms with E-state index in [4.69, 9.17) is 11.6 Å². The van der Waals surface area contributed by atoms with Gasteiger partial charge in [-0.05, 0) is 25.1 Å². The van der Waals surface area contributed by atoms with Crippen LogP contribution in [0.3, 0.4) is 0 Å². The first kappa shape index (κ1) is 14.2. The first-order valence-corrected chi connectivity index (χ1v) is 6.63. The van der Waals surface area contributed by atoms with E-state index in [1.807, 2.05) is 4.90 Å². The van der Waals surface area contributed by atoms with Gasteiger partial charge in [0.2, 0.25) is 5.91 Å². The third kappa shape index (κ3) is 4.16. The van der Waals surface area contributed by atoms with Gasteiger partial charge >= 0.3 is 0 Å². The number of amides is 1. The number of hydrogen-bond donors (Lipinski definition) is 2.